The van der Waals surface area contributed by atoms with Crippen LogP contribution in [0.2, 0.25) is 0 Å². The van der Waals surface area contributed by atoms with Crippen LogP contribution in [0.1, 0.15) is 50.2 Å². The van der Waals surface area contributed by atoms with Crippen molar-refractivity contribution in [1.82, 2.24) is 0 Å². The van der Waals surface area contributed by atoms with E-state index >= 15 is 0 Å². The Labute approximate surface area is 156 Å². The molecule has 5 rings (SSSR count). The van der Waals surface area contributed by atoms with Crippen molar-refractivity contribution in [2.24, 2.45) is 5.41 Å². The third kappa shape index (κ3) is 2.69. The van der Waals surface area contributed by atoms with Crippen LogP contribution < -0.4 is 0 Å². The largest absolute Gasteiger partial charge is 0.0646 e. The van der Waals surface area contributed by atoms with Crippen molar-refractivity contribution in [3.05, 3.63) is 77.4 Å². The number of rotatable bonds is 3. The quantitative estimate of drug-likeness (QED) is 0.466. The van der Waals surface area contributed by atoms with Crippen LogP contribution in [-0.4, -0.2) is 0 Å². The summed E-state index contributed by atoms with van der Waals surface area (Å²) in [5.41, 5.74) is 7.90. The van der Waals surface area contributed by atoms with E-state index in [-0.39, 0.29) is 0 Å². The highest BCUT2D eigenvalue weighted by Gasteiger charge is 2.31. The van der Waals surface area contributed by atoms with Gasteiger partial charge in [-0.05, 0) is 64.1 Å². The Balaban J connectivity index is 1.58. The molecule has 2 aliphatic rings. The molecule has 26 heavy (non-hydrogen) atoms. The van der Waals surface area contributed by atoms with Gasteiger partial charge in [-0.1, -0.05) is 92.1 Å². The maximum Gasteiger partial charge on any atom is -0.00574 e. The number of allylic oxidation sites excluding steroid dienone is 1. The van der Waals surface area contributed by atoms with E-state index in [1.165, 1.54) is 65.1 Å². The van der Waals surface area contributed by atoms with Crippen LogP contribution in [-0.2, 0) is 6.42 Å². The molecule has 0 aromatic heterocycles. The monoisotopic (exact) mass is 338 g/mol. The lowest BCUT2D eigenvalue weighted by atomic mass is 9.81. The third-order valence-corrected chi connectivity index (χ3v) is 6.51. The van der Waals surface area contributed by atoms with Gasteiger partial charge in [0.25, 0.3) is 0 Å². The molecule has 0 saturated heterocycles. The summed E-state index contributed by atoms with van der Waals surface area (Å²) < 4.78 is 0. The van der Waals surface area contributed by atoms with Gasteiger partial charge in [-0.25, -0.2) is 0 Å². The molecule has 130 valence electrons. The van der Waals surface area contributed by atoms with Gasteiger partial charge in [0.2, 0.25) is 0 Å². The first-order valence-corrected chi connectivity index (χ1v) is 10.0. The Kier molecular flexibility index (Phi) is 3.74. The second kappa shape index (κ2) is 6.13. The molecule has 0 spiro atoms. The molecule has 0 bridgehead atoms. The van der Waals surface area contributed by atoms with Gasteiger partial charge in [-0.3, -0.25) is 0 Å². The summed E-state index contributed by atoms with van der Waals surface area (Å²) in [6.45, 7) is 2.50. The van der Waals surface area contributed by atoms with E-state index in [0.29, 0.717) is 5.41 Å². The third-order valence-electron chi connectivity index (χ3n) is 6.51. The minimum atomic E-state index is 0.535. The predicted octanol–water partition coefficient (Wildman–Crippen LogP) is 7.42. The van der Waals surface area contributed by atoms with E-state index in [1.54, 1.807) is 5.57 Å². The SMILES string of the molecule is CC1(CC2=Cc3c(cccc3-c3cccc4ccccc34)C2)CCCC1. The summed E-state index contributed by atoms with van der Waals surface area (Å²) in [4.78, 5) is 0. The van der Waals surface area contributed by atoms with Gasteiger partial charge >= 0.3 is 0 Å². The Morgan fingerprint density at radius 1 is 0.808 bits per heavy atom. The van der Waals surface area contributed by atoms with Gasteiger partial charge < -0.3 is 0 Å². The standard InChI is InChI=1S/C26H26/c1-26(14-4-5-15-26)18-19-16-21-10-7-13-24(25(21)17-19)23-12-6-9-20-8-2-3-11-22(20)23/h2-3,6-13,17H,4-5,14-16,18H2,1H3. The van der Waals surface area contributed by atoms with Gasteiger partial charge in [-0.2, -0.15) is 0 Å². The molecule has 0 N–H and O–H groups in total. The van der Waals surface area contributed by atoms with Crippen LogP contribution in [0.5, 0.6) is 0 Å². The summed E-state index contributed by atoms with van der Waals surface area (Å²) in [5.74, 6) is 0. The predicted molar refractivity (Wildman–Crippen MR) is 112 cm³/mol. The van der Waals surface area contributed by atoms with Crippen molar-refractivity contribution in [3.8, 4) is 11.1 Å². The van der Waals surface area contributed by atoms with Crippen molar-refractivity contribution in [1.29, 1.82) is 0 Å². The topological polar surface area (TPSA) is 0 Å². The molecule has 0 heteroatoms. The van der Waals surface area contributed by atoms with Crippen LogP contribution in [0.15, 0.2) is 66.2 Å². The molecule has 0 nitrogen and oxygen atoms in total. The van der Waals surface area contributed by atoms with Gasteiger partial charge in [0, 0.05) is 0 Å². The lowest BCUT2D eigenvalue weighted by molar-refractivity contribution is 0.333. The minimum absolute atomic E-state index is 0.535. The maximum absolute atomic E-state index is 2.51. The average Bonchev–Trinajstić information content (AvgIpc) is 3.26. The Morgan fingerprint density at radius 3 is 2.42 bits per heavy atom. The molecule has 3 aromatic carbocycles. The molecule has 0 heterocycles. The van der Waals surface area contributed by atoms with Crippen molar-refractivity contribution in [3.63, 3.8) is 0 Å². The molecular formula is C26H26. The van der Waals surface area contributed by atoms with Crippen molar-refractivity contribution in [2.75, 3.05) is 0 Å². The van der Waals surface area contributed by atoms with Crippen LogP contribution in [0.3, 0.4) is 0 Å². The molecule has 3 aromatic rings. The molecule has 0 unspecified atom stereocenters. The van der Waals surface area contributed by atoms with E-state index in [2.05, 4.69) is 73.7 Å². The van der Waals surface area contributed by atoms with Crippen LogP contribution in [0.25, 0.3) is 28.0 Å². The molecule has 0 atom stereocenters. The summed E-state index contributed by atoms with van der Waals surface area (Å²) >= 11 is 0. The fourth-order valence-electron chi connectivity index (χ4n) is 5.20. The van der Waals surface area contributed by atoms with Crippen LogP contribution >= 0.6 is 0 Å². The highest BCUT2D eigenvalue weighted by Crippen LogP contribution is 2.46. The summed E-state index contributed by atoms with van der Waals surface area (Å²) in [6.07, 6.45) is 10.6. The zero-order chi connectivity index (χ0) is 17.6. The second-order valence-corrected chi connectivity index (χ2v) is 8.58. The zero-order valence-corrected chi connectivity index (χ0v) is 15.6. The average molecular weight is 338 g/mol. The first kappa shape index (κ1) is 15.9. The lowest BCUT2D eigenvalue weighted by Gasteiger charge is -2.24. The van der Waals surface area contributed by atoms with Gasteiger partial charge in [0.05, 0.1) is 0 Å². The number of hydrogen-bond donors (Lipinski definition) is 0. The van der Waals surface area contributed by atoms with E-state index in [9.17, 15) is 0 Å². The van der Waals surface area contributed by atoms with Crippen molar-refractivity contribution in [2.45, 2.75) is 45.4 Å². The van der Waals surface area contributed by atoms with E-state index < -0.39 is 0 Å². The van der Waals surface area contributed by atoms with Crippen molar-refractivity contribution < 1.29 is 0 Å². The number of fused-ring (bicyclic) bond motifs is 2. The normalized spacial score (nSPS) is 18.1. The Bertz CT molecular complexity index is 994. The van der Waals surface area contributed by atoms with Gasteiger partial charge in [0.1, 0.15) is 0 Å². The summed E-state index contributed by atoms with van der Waals surface area (Å²) in [6, 6.07) is 22.3. The summed E-state index contributed by atoms with van der Waals surface area (Å²) in [7, 11) is 0. The molecule has 1 saturated carbocycles. The minimum Gasteiger partial charge on any atom is -0.0646 e. The summed E-state index contributed by atoms with van der Waals surface area (Å²) in [5, 5.41) is 2.68. The first-order chi connectivity index (χ1) is 12.7. The van der Waals surface area contributed by atoms with E-state index in [0.717, 1.165) is 6.42 Å². The second-order valence-electron chi connectivity index (χ2n) is 8.58. The van der Waals surface area contributed by atoms with E-state index in [1.807, 2.05) is 0 Å². The van der Waals surface area contributed by atoms with Crippen molar-refractivity contribution >= 4 is 16.8 Å². The molecule has 0 radical (unpaired) electrons. The van der Waals surface area contributed by atoms with Crippen LogP contribution in [0, 0.1) is 5.41 Å². The lowest BCUT2D eigenvalue weighted by Crippen LogP contribution is -2.11. The first-order valence-electron chi connectivity index (χ1n) is 10.0. The zero-order valence-electron chi connectivity index (χ0n) is 15.6. The highest BCUT2D eigenvalue weighted by atomic mass is 14.4. The number of hydrogen-bond acceptors (Lipinski definition) is 0. The fraction of sp³-hybridized carbons (Fsp3) is 0.308. The maximum atomic E-state index is 2.51. The Morgan fingerprint density at radius 2 is 1.54 bits per heavy atom. The number of benzene rings is 3. The molecular weight excluding hydrogens is 312 g/mol. The van der Waals surface area contributed by atoms with E-state index in [4.69, 9.17) is 0 Å². The molecule has 0 amide bonds. The smallest absolute Gasteiger partial charge is 0.00574 e. The highest BCUT2D eigenvalue weighted by molar-refractivity contribution is 5.99. The Hall–Kier alpha value is -2.34. The van der Waals surface area contributed by atoms with Gasteiger partial charge in [0.15, 0.2) is 0 Å². The fourth-order valence-corrected chi connectivity index (χ4v) is 5.20. The molecule has 1 fully saturated rings. The van der Waals surface area contributed by atoms with Gasteiger partial charge in [-0.15, -0.1) is 0 Å². The molecule has 2 aliphatic carbocycles. The molecule has 0 aliphatic heterocycles. The van der Waals surface area contributed by atoms with Crippen LogP contribution in [0.4, 0.5) is 0 Å².